The van der Waals surface area contributed by atoms with Gasteiger partial charge in [0.1, 0.15) is 0 Å². The molecule has 1 heterocycles. The summed E-state index contributed by atoms with van der Waals surface area (Å²) in [7, 11) is 2.98. The molecule has 0 aliphatic heterocycles. The molecule has 120 valence electrons. The van der Waals surface area contributed by atoms with Crippen LogP contribution in [-0.2, 0) is 11.3 Å². The van der Waals surface area contributed by atoms with Crippen molar-refractivity contribution in [3.8, 4) is 0 Å². The molecular formula is C15H16N4O4. The average molecular weight is 316 g/mol. The van der Waals surface area contributed by atoms with Crippen LogP contribution in [0.5, 0.6) is 0 Å². The lowest BCUT2D eigenvalue weighted by atomic mass is 10.2. The quantitative estimate of drug-likeness (QED) is 0.473. The molecule has 0 N–H and O–H groups in total. The van der Waals surface area contributed by atoms with Gasteiger partial charge in [-0.3, -0.25) is 10.1 Å². The number of carbonyl (C=O) groups excluding carboxylic acids is 1. The van der Waals surface area contributed by atoms with Gasteiger partial charge in [0.2, 0.25) is 5.95 Å². The molecule has 0 saturated heterocycles. The van der Waals surface area contributed by atoms with E-state index >= 15 is 0 Å². The number of para-hydroxylation sites is 1. The lowest BCUT2D eigenvalue weighted by Gasteiger charge is -2.18. The summed E-state index contributed by atoms with van der Waals surface area (Å²) in [5, 5.41) is 11.1. The van der Waals surface area contributed by atoms with E-state index in [9.17, 15) is 14.9 Å². The fourth-order valence-corrected chi connectivity index (χ4v) is 2.08. The maximum Gasteiger partial charge on any atom is 0.356 e. The molecule has 8 heteroatoms. The van der Waals surface area contributed by atoms with Crippen molar-refractivity contribution in [3.05, 3.63) is 57.4 Å². The molecule has 0 atom stereocenters. The van der Waals surface area contributed by atoms with Crippen molar-refractivity contribution < 1.29 is 14.5 Å². The van der Waals surface area contributed by atoms with Crippen molar-refractivity contribution in [2.75, 3.05) is 19.1 Å². The highest BCUT2D eigenvalue weighted by atomic mass is 16.6. The van der Waals surface area contributed by atoms with Gasteiger partial charge in [0.15, 0.2) is 5.69 Å². The third-order valence-corrected chi connectivity index (χ3v) is 3.17. The molecule has 0 radical (unpaired) electrons. The predicted molar refractivity (Wildman–Crippen MR) is 83.3 cm³/mol. The van der Waals surface area contributed by atoms with Gasteiger partial charge in [-0.25, -0.2) is 14.8 Å². The largest absolute Gasteiger partial charge is 0.464 e. The maximum absolute atomic E-state index is 11.6. The van der Waals surface area contributed by atoms with Crippen molar-refractivity contribution in [2.45, 2.75) is 13.5 Å². The molecule has 1 aromatic heterocycles. The molecule has 2 aromatic rings. The second-order valence-corrected chi connectivity index (χ2v) is 4.93. The van der Waals surface area contributed by atoms with E-state index < -0.39 is 10.9 Å². The number of anilines is 1. The smallest absolute Gasteiger partial charge is 0.356 e. The Morgan fingerprint density at radius 1 is 1.35 bits per heavy atom. The number of carbonyl (C=O) groups is 1. The molecule has 1 aromatic carbocycles. The first-order valence-corrected chi connectivity index (χ1v) is 6.79. The molecule has 0 aliphatic carbocycles. The van der Waals surface area contributed by atoms with Crippen LogP contribution in [0.1, 0.15) is 21.7 Å². The highest BCUT2D eigenvalue weighted by Crippen LogP contribution is 2.21. The fraction of sp³-hybridized carbons (Fsp3) is 0.267. The van der Waals surface area contributed by atoms with Gasteiger partial charge in [-0.2, -0.15) is 0 Å². The number of methoxy groups -OCH3 is 1. The van der Waals surface area contributed by atoms with Gasteiger partial charge in [0.05, 0.1) is 18.6 Å². The van der Waals surface area contributed by atoms with Gasteiger partial charge in [-0.15, -0.1) is 0 Å². The van der Waals surface area contributed by atoms with Crippen LogP contribution in [0.15, 0.2) is 30.3 Å². The van der Waals surface area contributed by atoms with Crippen LogP contribution in [0.4, 0.5) is 11.6 Å². The van der Waals surface area contributed by atoms with Crippen molar-refractivity contribution in [1.29, 1.82) is 0 Å². The SMILES string of the molecule is COC(=O)c1cc(C)nc(N(C)Cc2ccccc2[N+](=O)[O-])n1. The van der Waals surface area contributed by atoms with Crippen LogP contribution in [-0.4, -0.2) is 35.0 Å². The second-order valence-electron chi connectivity index (χ2n) is 4.93. The first kappa shape index (κ1) is 16.3. The van der Waals surface area contributed by atoms with E-state index in [4.69, 9.17) is 0 Å². The van der Waals surface area contributed by atoms with Gasteiger partial charge in [-0.1, -0.05) is 18.2 Å². The number of aryl methyl sites for hydroxylation is 1. The Balaban J connectivity index is 2.31. The lowest BCUT2D eigenvalue weighted by Crippen LogP contribution is -2.21. The topological polar surface area (TPSA) is 98.5 Å². The molecule has 0 fully saturated rings. The van der Waals surface area contributed by atoms with Crippen LogP contribution in [0.2, 0.25) is 0 Å². The number of nitro benzene ring substituents is 1. The van der Waals surface area contributed by atoms with Crippen molar-refractivity contribution in [3.63, 3.8) is 0 Å². The molecule has 0 amide bonds. The third-order valence-electron chi connectivity index (χ3n) is 3.17. The van der Waals surface area contributed by atoms with Crippen LogP contribution < -0.4 is 4.90 Å². The Morgan fingerprint density at radius 3 is 2.70 bits per heavy atom. The summed E-state index contributed by atoms with van der Waals surface area (Å²) >= 11 is 0. The number of nitrogens with zero attached hydrogens (tertiary/aromatic N) is 4. The number of esters is 1. The van der Waals surface area contributed by atoms with E-state index in [0.29, 0.717) is 17.2 Å². The summed E-state index contributed by atoms with van der Waals surface area (Å²) in [6, 6.07) is 7.98. The van der Waals surface area contributed by atoms with E-state index in [1.54, 1.807) is 37.1 Å². The Morgan fingerprint density at radius 2 is 2.04 bits per heavy atom. The first-order valence-electron chi connectivity index (χ1n) is 6.79. The zero-order valence-corrected chi connectivity index (χ0v) is 13.0. The van der Waals surface area contributed by atoms with E-state index in [0.717, 1.165) is 0 Å². The van der Waals surface area contributed by atoms with Gasteiger partial charge < -0.3 is 9.64 Å². The Kier molecular flexibility index (Phi) is 4.85. The van der Waals surface area contributed by atoms with Gasteiger partial charge in [0, 0.05) is 24.4 Å². The number of benzene rings is 1. The van der Waals surface area contributed by atoms with Crippen molar-refractivity contribution >= 4 is 17.6 Å². The monoisotopic (exact) mass is 316 g/mol. The van der Waals surface area contributed by atoms with Crippen molar-refractivity contribution in [1.82, 2.24) is 9.97 Å². The normalized spacial score (nSPS) is 10.2. The first-order chi connectivity index (χ1) is 10.9. The minimum absolute atomic E-state index is 0.0280. The van der Waals surface area contributed by atoms with Crippen LogP contribution >= 0.6 is 0 Å². The van der Waals surface area contributed by atoms with Crippen LogP contribution in [0.3, 0.4) is 0 Å². The van der Waals surface area contributed by atoms with E-state index in [1.807, 2.05) is 0 Å². The fourth-order valence-electron chi connectivity index (χ4n) is 2.08. The third kappa shape index (κ3) is 3.79. The Labute approximate surface area is 132 Å². The minimum Gasteiger partial charge on any atom is -0.464 e. The summed E-state index contributed by atoms with van der Waals surface area (Å²) in [4.78, 5) is 32.3. The summed E-state index contributed by atoms with van der Waals surface area (Å²) in [5.41, 5.74) is 1.30. The highest BCUT2D eigenvalue weighted by molar-refractivity contribution is 5.87. The highest BCUT2D eigenvalue weighted by Gasteiger charge is 2.17. The molecule has 23 heavy (non-hydrogen) atoms. The summed E-state index contributed by atoms with van der Waals surface area (Å²) in [6.45, 7) is 1.97. The zero-order chi connectivity index (χ0) is 17.0. The van der Waals surface area contributed by atoms with E-state index in [1.165, 1.54) is 19.2 Å². The minimum atomic E-state index is -0.559. The molecule has 0 saturated carbocycles. The number of hydrogen-bond donors (Lipinski definition) is 0. The molecular weight excluding hydrogens is 300 g/mol. The molecule has 0 aliphatic rings. The summed E-state index contributed by atoms with van der Waals surface area (Å²) in [5.74, 6) is -0.264. The van der Waals surface area contributed by atoms with Gasteiger partial charge in [-0.05, 0) is 13.0 Å². The predicted octanol–water partition coefficient (Wildman–Crippen LogP) is 2.12. The van der Waals surface area contributed by atoms with Crippen LogP contribution in [0.25, 0.3) is 0 Å². The number of nitro groups is 1. The molecule has 0 bridgehead atoms. The Hall–Kier alpha value is -3.03. The maximum atomic E-state index is 11.6. The number of ether oxygens (including phenoxy) is 1. The standard InChI is InChI=1S/C15H16N4O4/c1-10-8-12(14(20)23-3)17-15(16-10)18(2)9-11-6-4-5-7-13(11)19(21)22/h4-8H,9H2,1-3H3. The summed E-state index contributed by atoms with van der Waals surface area (Å²) < 4.78 is 4.66. The average Bonchev–Trinajstić information content (AvgIpc) is 2.53. The van der Waals surface area contributed by atoms with Crippen molar-refractivity contribution in [2.24, 2.45) is 0 Å². The summed E-state index contributed by atoms with van der Waals surface area (Å²) in [6.07, 6.45) is 0. The molecule has 8 nitrogen and oxygen atoms in total. The number of hydrogen-bond acceptors (Lipinski definition) is 7. The lowest BCUT2D eigenvalue weighted by molar-refractivity contribution is -0.385. The Bertz CT molecular complexity index is 748. The molecule has 0 spiro atoms. The number of aromatic nitrogens is 2. The molecule has 2 rings (SSSR count). The molecule has 0 unspecified atom stereocenters. The van der Waals surface area contributed by atoms with Gasteiger partial charge >= 0.3 is 5.97 Å². The van der Waals surface area contributed by atoms with Gasteiger partial charge in [0.25, 0.3) is 5.69 Å². The van der Waals surface area contributed by atoms with Crippen LogP contribution in [0, 0.1) is 17.0 Å². The second kappa shape index (κ2) is 6.82. The zero-order valence-electron chi connectivity index (χ0n) is 13.0. The van der Waals surface area contributed by atoms with E-state index in [2.05, 4.69) is 14.7 Å². The number of rotatable bonds is 5. The van der Waals surface area contributed by atoms with E-state index in [-0.39, 0.29) is 17.9 Å².